The van der Waals surface area contributed by atoms with Crippen LogP contribution in [0.1, 0.15) is 15.9 Å². The summed E-state index contributed by atoms with van der Waals surface area (Å²) in [6.07, 6.45) is 2.80. The van der Waals surface area contributed by atoms with Gasteiger partial charge in [0.05, 0.1) is 10.0 Å². The van der Waals surface area contributed by atoms with Crippen LogP contribution in [-0.2, 0) is 0 Å². The van der Waals surface area contributed by atoms with Gasteiger partial charge in [0, 0.05) is 5.39 Å². The number of hydrogen-bond donors (Lipinski definition) is 0. The molecule has 2 aromatic carbocycles. The predicted octanol–water partition coefficient (Wildman–Crippen LogP) is 5.00. The van der Waals surface area contributed by atoms with E-state index < -0.39 is 11.4 Å². The van der Waals surface area contributed by atoms with E-state index in [0.717, 1.165) is 0 Å². The van der Waals surface area contributed by atoms with E-state index in [4.69, 9.17) is 27.6 Å². The fraction of sp³-hybridized carbons (Fsp3) is 0. The van der Waals surface area contributed by atoms with E-state index in [9.17, 15) is 9.59 Å². The van der Waals surface area contributed by atoms with Gasteiger partial charge >= 0.3 is 5.63 Å². The summed E-state index contributed by atoms with van der Waals surface area (Å²) in [6, 6.07) is 13.6. The molecule has 0 aliphatic heterocycles. The summed E-state index contributed by atoms with van der Waals surface area (Å²) in [6.45, 7) is 0. The van der Waals surface area contributed by atoms with Crippen molar-refractivity contribution in [2.75, 3.05) is 0 Å². The molecule has 0 aliphatic carbocycles. The molecular weight excluding hydrogens is 335 g/mol. The Morgan fingerprint density at radius 3 is 2.65 bits per heavy atom. The third-order valence-corrected chi connectivity index (χ3v) is 4.14. The van der Waals surface area contributed by atoms with Crippen molar-refractivity contribution in [1.82, 2.24) is 0 Å². The summed E-state index contributed by atoms with van der Waals surface area (Å²) >= 11 is 12.0. The average molecular weight is 345 g/mol. The topological polar surface area (TPSA) is 47.3 Å². The molecule has 114 valence electrons. The molecule has 0 fully saturated rings. The van der Waals surface area contributed by atoms with Gasteiger partial charge in [-0.2, -0.15) is 0 Å². The van der Waals surface area contributed by atoms with Crippen LogP contribution in [0.2, 0.25) is 10.0 Å². The predicted molar refractivity (Wildman–Crippen MR) is 92.3 cm³/mol. The zero-order valence-electron chi connectivity index (χ0n) is 11.8. The molecule has 0 amide bonds. The highest BCUT2D eigenvalue weighted by Gasteiger charge is 2.11. The Bertz CT molecular complexity index is 987. The number of hydrogen-bond acceptors (Lipinski definition) is 3. The number of ketones is 1. The van der Waals surface area contributed by atoms with E-state index in [0.29, 0.717) is 26.6 Å². The molecule has 0 atom stereocenters. The molecule has 0 spiro atoms. The SMILES string of the molecule is O=C(/C=C/c1cccc(Cl)c1Cl)c1cc2ccccc2oc1=O. The van der Waals surface area contributed by atoms with Crippen molar-refractivity contribution in [2.24, 2.45) is 0 Å². The van der Waals surface area contributed by atoms with Crippen LogP contribution < -0.4 is 5.63 Å². The Morgan fingerprint density at radius 1 is 1.04 bits per heavy atom. The Labute approximate surface area is 141 Å². The maximum atomic E-state index is 12.3. The van der Waals surface area contributed by atoms with Crippen molar-refractivity contribution in [1.29, 1.82) is 0 Å². The summed E-state index contributed by atoms with van der Waals surface area (Å²) in [5.41, 5.74) is 0.335. The second-order valence-electron chi connectivity index (χ2n) is 4.83. The Morgan fingerprint density at radius 2 is 1.83 bits per heavy atom. The molecule has 3 aromatic rings. The van der Waals surface area contributed by atoms with Crippen molar-refractivity contribution in [3.8, 4) is 0 Å². The first-order valence-electron chi connectivity index (χ1n) is 6.75. The standard InChI is InChI=1S/C18H10Cl2O3/c19-14-6-3-5-11(17(14)20)8-9-15(21)13-10-12-4-1-2-7-16(12)23-18(13)22/h1-10H/b9-8+. The molecule has 0 N–H and O–H groups in total. The lowest BCUT2D eigenvalue weighted by atomic mass is 10.1. The molecular formula is C18H10Cl2O3. The zero-order valence-corrected chi connectivity index (χ0v) is 13.3. The van der Waals surface area contributed by atoms with Gasteiger partial charge in [-0.15, -0.1) is 0 Å². The number of carbonyl (C=O) groups excluding carboxylic acids is 1. The third-order valence-electron chi connectivity index (χ3n) is 3.30. The quantitative estimate of drug-likeness (QED) is 0.381. The highest BCUT2D eigenvalue weighted by atomic mass is 35.5. The molecule has 5 heteroatoms. The fourth-order valence-corrected chi connectivity index (χ4v) is 2.51. The molecule has 3 nitrogen and oxygen atoms in total. The highest BCUT2D eigenvalue weighted by Crippen LogP contribution is 2.26. The third kappa shape index (κ3) is 3.21. The molecule has 1 heterocycles. The summed E-state index contributed by atoms with van der Waals surface area (Å²) in [4.78, 5) is 24.2. The van der Waals surface area contributed by atoms with Gasteiger partial charge in [-0.05, 0) is 35.9 Å². The second kappa shape index (κ2) is 6.41. The van der Waals surface area contributed by atoms with Gasteiger partial charge in [0.25, 0.3) is 0 Å². The van der Waals surface area contributed by atoms with E-state index in [1.807, 2.05) is 0 Å². The van der Waals surface area contributed by atoms with Crippen LogP contribution in [0.4, 0.5) is 0 Å². The van der Waals surface area contributed by atoms with Crippen LogP contribution >= 0.6 is 23.2 Å². The normalized spacial score (nSPS) is 11.2. The van der Waals surface area contributed by atoms with Crippen LogP contribution in [0.3, 0.4) is 0 Å². The number of benzene rings is 2. The molecule has 0 radical (unpaired) electrons. The van der Waals surface area contributed by atoms with E-state index in [-0.39, 0.29) is 5.56 Å². The van der Waals surface area contributed by atoms with Gasteiger partial charge in [-0.25, -0.2) is 4.79 Å². The molecule has 0 saturated heterocycles. The Hall–Kier alpha value is -2.36. The number of allylic oxidation sites excluding steroid dienone is 1. The Balaban J connectivity index is 1.97. The fourth-order valence-electron chi connectivity index (χ4n) is 2.14. The number of fused-ring (bicyclic) bond motifs is 1. The average Bonchev–Trinajstić information content (AvgIpc) is 2.55. The number of halogens is 2. The first-order chi connectivity index (χ1) is 11.1. The molecule has 0 aliphatic rings. The van der Waals surface area contributed by atoms with Gasteiger partial charge in [-0.1, -0.05) is 53.5 Å². The van der Waals surface area contributed by atoms with E-state index in [1.165, 1.54) is 18.2 Å². The minimum atomic E-state index is -0.671. The second-order valence-corrected chi connectivity index (χ2v) is 5.61. The van der Waals surface area contributed by atoms with Gasteiger partial charge in [0.2, 0.25) is 0 Å². The number of rotatable bonds is 3. The maximum Gasteiger partial charge on any atom is 0.347 e. The lowest BCUT2D eigenvalue weighted by Gasteiger charge is -2.00. The smallest absolute Gasteiger partial charge is 0.347 e. The van der Waals surface area contributed by atoms with E-state index in [1.54, 1.807) is 42.5 Å². The first-order valence-corrected chi connectivity index (χ1v) is 7.51. The van der Waals surface area contributed by atoms with Crippen molar-refractivity contribution in [3.05, 3.63) is 86.2 Å². The molecule has 1 aromatic heterocycles. The largest absolute Gasteiger partial charge is 0.422 e. The molecule has 0 saturated carbocycles. The monoisotopic (exact) mass is 344 g/mol. The van der Waals surface area contributed by atoms with Crippen LogP contribution in [-0.4, -0.2) is 5.78 Å². The van der Waals surface area contributed by atoms with Crippen LogP contribution in [0, 0.1) is 0 Å². The summed E-state index contributed by atoms with van der Waals surface area (Å²) in [7, 11) is 0. The minimum Gasteiger partial charge on any atom is -0.422 e. The zero-order chi connectivity index (χ0) is 16.4. The van der Waals surface area contributed by atoms with Gasteiger partial charge in [0.15, 0.2) is 5.78 Å². The lowest BCUT2D eigenvalue weighted by Crippen LogP contribution is -2.11. The highest BCUT2D eigenvalue weighted by molar-refractivity contribution is 6.42. The Kier molecular flexibility index (Phi) is 4.33. The summed E-state index contributed by atoms with van der Waals surface area (Å²) in [5, 5.41) is 1.43. The van der Waals surface area contributed by atoms with E-state index in [2.05, 4.69) is 0 Å². The van der Waals surface area contributed by atoms with Crippen LogP contribution in [0.15, 0.2) is 63.8 Å². The minimum absolute atomic E-state index is 0.0295. The maximum absolute atomic E-state index is 12.3. The number of carbonyl (C=O) groups is 1. The van der Waals surface area contributed by atoms with Crippen molar-refractivity contribution < 1.29 is 9.21 Å². The number of para-hydroxylation sites is 1. The summed E-state index contributed by atoms with van der Waals surface area (Å²) < 4.78 is 5.15. The first kappa shape index (κ1) is 15.5. The van der Waals surface area contributed by atoms with Crippen molar-refractivity contribution in [3.63, 3.8) is 0 Å². The lowest BCUT2D eigenvalue weighted by molar-refractivity contribution is 0.104. The van der Waals surface area contributed by atoms with Crippen LogP contribution in [0.5, 0.6) is 0 Å². The molecule has 23 heavy (non-hydrogen) atoms. The van der Waals surface area contributed by atoms with Crippen molar-refractivity contribution in [2.45, 2.75) is 0 Å². The van der Waals surface area contributed by atoms with Gasteiger partial charge in [0.1, 0.15) is 11.1 Å². The van der Waals surface area contributed by atoms with Crippen molar-refractivity contribution >= 4 is 46.0 Å². The van der Waals surface area contributed by atoms with Crippen LogP contribution in [0.25, 0.3) is 17.0 Å². The molecule has 0 bridgehead atoms. The molecule has 0 unspecified atom stereocenters. The summed E-state index contributed by atoms with van der Waals surface area (Å²) in [5.74, 6) is -0.458. The van der Waals surface area contributed by atoms with E-state index >= 15 is 0 Å². The molecule has 3 rings (SSSR count). The van der Waals surface area contributed by atoms with Gasteiger partial charge < -0.3 is 4.42 Å². The van der Waals surface area contributed by atoms with Gasteiger partial charge in [-0.3, -0.25) is 4.79 Å².